The van der Waals surface area contributed by atoms with E-state index < -0.39 is 0 Å². The summed E-state index contributed by atoms with van der Waals surface area (Å²) in [6, 6.07) is 15.0. The molecular weight excluding hydrogens is 212 g/mol. The van der Waals surface area contributed by atoms with Gasteiger partial charge >= 0.3 is 0 Å². The summed E-state index contributed by atoms with van der Waals surface area (Å²) in [4.78, 5) is 0. The van der Waals surface area contributed by atoms with Crippen LogP contribution in [0.4, 0.5) is 0 Å². The molecule has 2 aromatic carbocycles. The fourth-order valence-electron chi connectivity index (χ4n) is 2.05. The molecule has 0 atom stereocenters. The molecule has 0 spiro atoms. The lowest BCUT2D eigenvalue weighted by atomic mass is 9.77. The Morgan fingerprint density at radius 1 is 0.824 bits per heavy atom. The second-order valence-corrected chi connectivity index (χ2v) is 4.66. The third kappa shape index (κ3) is 1.98. The van der Waals surface area contributed by atoms with Crippen LogP contribution in [0.1, 0.15) is 25.0 Å². The fraction of sp³-hybridized carbons (Fsp3) is 0.200. The van der Waals surface area contributed by atoms with Gasteiger partial charge in [0.1, 0.15) is 0 Å². The highest BCUT2D eigenvalue weighted by Gasteiger charge is 2.26. The van der Waals surface area contributed by atoms with Crippen molar-refractivity contribution in [3.05, 3.63) is 59.7 Å². The minimum atomic E-state index is -0.343. The van der Waals surface area contributed by atoms with E-state index in [1.807, 2.05) is 50.2 Å². The molecule has 0 aliphatic rings. The first-order chi connectivity index (χ1) is 8.03. The van der Waals surface area contributed by atoms with Crippen LogP contribution in [0.15, 0.2) is 48.5 Å². The zero-order chi connectivity index (χ0) is 12.5. The predicted octanol–water partition coefficient (Wildman–Crippen LogP) is 3.42. The van der Waals surface area contributed by atoms with Crippen molar-refractivity contribution in [1.82, 2.24) is 0 Å². The molecule has 88 valence electrons. The molecule has 2 heteroatoms. The molecule has 2 N–H and O–H groups in total. The van der Waals surface area contributed by atoms with Gasteiger partial charge in [0.2, 0.25) is 0 Å². The molecule has 0 aliphatic carbocycles. The summed E-state index contributed by atoms with van der Waals surface area (Å²) < 4.78 is 0. The third-order valence-electron chi connectivity index (χ3n) is 3.18. The largest absolute Gasteiger partial charge is 0.504 e. The number of aromatic hydroxyl groups is 2. The Bertz CT molecular complexity index is 516. The fourth-order valence-corrected chi connectivity index (χ4v) is 2.05. The van der Waals surface area contributed by atoms with Gasteiger partial charge < -0.3 is 10.2 Å². The molecule has 0 aliphatic heterocycles. The summed E-state index contributed by atoms with van der Waals surface area (Å²) in [6.07, 6.45) is 0. The average molecular weight is 228 g/mol. The van der Waals surface area contributed by atoms with Crippen LogP contribution < -0.4 is 0 Å². The second kappa shape index (κ2) is 4.13. The topological polar surface area (TPSA) is 40.5 Å². The summed E-state index contributed by atoms with van der Waals surface area (Å²) in [7, 11) is 0. The summed E-state index contributed by atoms with van der Waals surface area (Å²) in [5.74, 6) is -0.118. The molecule has 17 heavy (non-hydrogen) atoms. The monoisotopic (exact) mass is 228 g/mol. The van der Waals surface area contributed by atoms with Crippen molar-refractivity contribution in [2.75, 3.05) is 0 Å². The van der Waals surface area contributed by atoms with Gasteiger partial charge in [0.05, 0.1) is 0 Å². The second-order valence-electron chi connectivity index (χ2n) is 4.66. The van der Waals surface area contributed by atoms with Gasteiger partial charge in [0, 0.05) is 11.0 Å². The Balaban J connectivity index is 2.56. The molecule has 0 amide bonds. The number of para-hydroxylation sites is 1. The number of rotatable bonds is 2. The van der Waals surface area contributed by atoms with Crippen LogP contribution in [-0.2, 0) is 5.41 Å². The van der Waals surface area contributed by atoms with Gasteiger partial charge in [-0.3, -0.25) is 0 Å². The Hall–Kier alpha value is -1.96. The van der Waals surface area contributed by atoms with Crippen molar-refractivity contribution in [2.24, 2.45) is 0 Å². The molecule has 0 aromatic heterocycles. The Morgan fingerprint density at radius 2 is 1.47 bits per heavy atom. The van der Waals surface area contributed by atoms with Crippen molar-refractivity contribution >= 4 is 0 Å². The zero-order valence-corrected chi connectivity index (χ0v) is 10.0. The molecular formula is C15H16O2. The van der Waals surface area contributed by atoms with E-state index in [0.29, 0.717) is 0 Å². The standard InChI is InChI=1S/C15H16O2/c1-15(2,11-7-4-3-5-8-11)12-9-6-10-13(16)14(12)17/h3-10,16-17H,1-2H3. The van der Waals surface area contributed by atoms with Gasteiger partial charge in [0.15, 0.2) is 11.5 Å². The molecule has 2 aromatic rings. The molecule has 0 saturated carbocycles. The number of hydrogen-bond acceptors (Lipinski definition) is 2. The molecule has 0 radical (unpaired) electrons. The summed E-state index contributed by atoms with van der Waals surface area (Å²) >= 11 is 0. The van der Waals surface area contributed by atoms with E-state index in [1.54, 1.807) is 6.07 Å². The SMILES string of the molecule is CC(C)(c1ccccc1)c1cccc(O)c1O. The van der Waals surface area contributed by atoms with Crippen LogP contribution in [0.5, 0.6) is 11.5 Å². The highest BCUT2D eigenvalue weighted by molar-refractivity contribution is 5.51. The number of phenols is 2. The van der Waals surface area contributed by atoms with Gasteiger partial charge in [0.25, 0.3) is 0 Å². The first-order valence-electron chi connectivity index (χ1n) is 5.60. The van der Waals surface area contributed by atoms with Crippen molar-refractivity contribution in [3.63, 3.8) is 0 Å². The summed E-state index contributed by atoms with van der Waals surface area (Å²) in [5, 5.41) is 19.5. The summed E-state index contributed by atoms with van der Waals surface area (Å²) in [6.45, 7) is 4.05. The smallest absolute Gasteiger partial charge is 0.161 e. The molecule has 0 heterocycles. The van der Waals surface area contributed by atoms with E-state index >= 15 is 0 Å². The van der Waals surface area contributed by atoms with Crippen molar-refractivity contribution in [2.45, 2.75) is 19.3 Å². The van der Waals surface area contributed by atoms with E-state index in [4.69, 9.17) is 0 Å². The maximum atomic E-state index is 9.94. The molecule has 0 bridgehead atoms. The maximum absolute atomic E-state index is 9.94. The van der Waals surface area contributed by atoms with Gasteiger partial charge in [-0.2, -0.15) is 0 Å². The summed E-state index contributed by atoms with van der Waals surface area (Å²) in [5.41, 5.74) is 1.48. The van der Waals surface area contributed by atoms with E-state index in [2.05, 4.69) is 0 Å². The minimum Gasteiger partial charge on any atom is -0.504 e. The molecule has 2 nitrogen and oxygen atoms in total. The van der Waals surface area contributed by atoms with E-state index in [-0.39, 0.29) is 16.9 Å². The van der Waals surface area contributed by atoms with Crippen LogP contribution in [-0.4, -0.2) is 10.2 Å². The first-order valence-corrected chi connectivity index (χ1v) is 5.60. The third-order valence-corrected chi connectivity index (χ3v) is 3.18. The molecule has 0 unspecified atom stereocenters. The van der Waals surface area contributed by atoms with Crippen LogP contribution >= 0.6 is 0 Å². The van der Waals surface area contributed by atoms with Gasteiger partial charge in [-0.05, 0) is 11.6 Å². The van der Waals surface area contributed by atoms with E-state index in [0.717, 1.165) is 11.1 Å². The Kier molecular flexibility index (Phi) is 2.80. The molecule has 0 fully saturated rings. The lowest BCUT2D eigenvalue weighted by molar-refractivity contribution is 0.392. The number of hydrogen-bond donors (Lipinski definition) is 2. The van der Waals surface area contributed by atoms with Crippen LogP contribution in [0.25, 0.3) is 0 Å². The van der Waals surface area contributed by atoms with Crippen molar-refractivity contribution in [3.8, 4) is 11.5 Å². The first kappa shape index (κ1) is 11.5. The van der Waals surface area contributed by atoms with E-state index in [9.17, 15) is 10.2 Å². The van der Waals surface area contributed by atoms with Crippen molar-refractivity contribution < 1.29 is 10.2 Å². The lowest BCUT2D eigenvalue weighted by Crippen LogP contribution is -2.18. The predicted molar refractivity (Wildman–Crippen MR) is 68.3 cm³/mol. The Labute approximate surface area is 101 Å². The number of phenolic OH excluding ortho intramolecular Hbond substituents is 2. The molecule has 0 saturated heterocycles. The van der Waals surface area contributed by atoms with Crippen LogP contribution in [0.3, 0.4) is 0 Å². The van der Waals surface area contributed by atoms with Crippen LogP contribution in [0.2, 0.25) is 0 Å². The highest BCUT2D eigenvalue weighted by atomic mass is 16.3. The minimum absolute atomic E-state index is 0.0404. The van der Waals surface area contributed by atoms with Gasteiger partial charge in [-0.25, -0.2) is 0 Å². The van der Waals surface area contributed by atoms with Gasteiger partial charge in [-0.1, -0.05) is 56.3 Å². The quantitative estimate of drug-likeness (QED) is 0.773. The average Bonchev–Trinajstić information content (AvgIpc) is 2.33. The Morgan fingerprint density at radius 3 is 2.12 bits per heavy atom. The number of benzene rings is 2. The highest BCUT2D eigenvalue weighted by Crippen LogP contribution is 2.40. The van der Waals surface area contributed by atoms with E-state index in [1.165, 1.54) is 6.07 Å². The van der Waals surface area contributed by atoms with Crippen LogP contribution in [0, 0.1) is 0 Å². The van der Waals surface area contributed by atoms with Crippen molar-refractivity contribution in [1.29, 1.82) is 0 Å². The van der Waals surface area contributed by atoms with Gasteiger partial charge in [-0.15, -0.1) is 0 Å². The molecule has 2 rings (SSSR count). The lowest BCUT2D eigenvalue weighted by Gasteiger charge is -2.27. The maximum Gasteiger partial charge on any atom is 0.161 e. The zero-order valence-electron chi connectivity index (χ0n) is 10.0. The normalized spacial score (nSPS) is 11.4.